The van der Waals surface area contributed by atoms with Crippen molar-refractivity contribution in [3.05, 3.63) is 35.9 Å². The molecule has 1 amide bonds. The van der Waals surface area contributed by atoms with Gasteiger partial charge in [-0.3, -0.25) is 4.79 Å². The lowest BCUT2D eigenvalue weighted by Gasteiger charge is -2.13. The topological polar surface area (TPSA) is 29.1 Å². The van der Waals surface area contributed by atoms with E-state index < -0.39 is 12.1 Å². The molecule has 0 radical (unpaired) electrons. The zero-order valence-corrected chi connectivity index (χ0v) is 8.61. The molecule has 1 aliphatic rings. The fourth-order valence-electron chi connectivity index (χ4n) is 1.58. The van der Waals surface area contributed by atoms with Gasteiger partial charge in [0.15, 0.2) is 0 Å². The molecule has 1 saturated carbocycles. The Morgan fingerprint density at radius 2 is 2.07 bits per heavy atom. The molecule has 1 N–H and O–H groups in total. The molecule has 2 rings (SSSR count). The number of nitrogens with one attached hydrogen (secondary N) is 1. The highest BCUT2D eigenvalue weighted by molar-refractivity contribution is 5.82. The van der Waals surface area contributed by atoms with Gasteiger partial charge in [0.25, 0.3) is 0 Å². The van der Waals surface area contributed by atoms with Crippen LogP contribution in [0.5, 0.6) is 0 Å². The van der Waals surface area contributed by atoms with E-state index in [0.717, 1.165) is 5.56 Å². The molecule has 1 fully saturated rings. The molecule has 3 atom stereocenters. The van der Waals surface area contributed by atoms with Crippen LogP contribution in [-0.2, 0) is 4.79 Å². The molecule has 0 spiro atoms. The second kappa shape index (κ2) is 4.01. The minimum absolute atomic E-state index is 0.0495. The van der Waals surface area contributed by atoms with Crippen molar-refractivity contribution in [1.29, 1.82) is 0 Å². The summed E-state index contributed by atoms with van der Waals surface area (Å²) in [6.07, 6.45) is -0.541. The van der Waals surface area contributed by atoms with Gasteiger partial charge in [-0.25, -0.2) is 4.39 Å². The molecular formula is C12H14FNO. The second-order valence-electron chi connectivity index (χ2n) is 4.00. The predicted octanol–water partition coefficient (Wildman–Crippen LogP) is 2.22. The van der Waals surface area contributed by atoms with Crippen LogP contribution in [0.3, 0.4) is 0 Å². The van der Waals surface area contributed by atoms with Crippen molar-refractivity contribution < 1.29 is 9.18 Å². The maximum Gasteiger partial charge on any atom is 0.226 e. The Kier molecular flexibility index (Phi) is 2.71. The number of rotatable bonds is 3. The SMILES string of the molecule is C[C@H](NC(=O)[C@H]1CC1F)c1ccccc1. The van der Waals surface area contributed by atoms with Gasteiger partial charge in [-0.15, -0.1) is 0 Å². The fourth-order valence-corrected chi connectivity index (χ4v) is 1.58. The van der Waals surface area contributed by atoms with Gasteiger partial charge in [0.1, 0.15) is 6.17 Å². The first kappa shape index (κ1) is 10.1. The Balaban J connectivity index is 1.92. The molecule has 0 bridgehead atoms. The van der Waals surface area contributed by atoms with Crippen LogP contribution in [0.25, 0.3) is 0 Å². The first-order valence-corrected chi connectivity index (χ1v) is 5.18. The first-order chi connectivity index (χ1) is 7.18. The lowest BCUT2D eigenvalue weighted by molar-refractivity contribution is -0.123. The van der Waals surface area contributed by atoms with Gasteiger partial charge in [0.2, 0.25) is 5.91 Å². The molecule has 1 aliphatic carbocycles. The Hall–Kier alpha value is -1.38. The molecule has 1 aromatic rings. The van der Waals surface area contributed by atoms with Gasteiger partial charge >= 0.3 is 0 Å². The van der Waals surface area contributed by atoms with E-state index in [1.54, 1.807) is 0 Å². The number of benzene rings is 1. The van der Waals surface area contributed by atoms with Crippen molar-refractivity contribution in [3.8, 4) is 0 Å². The van der Waals surface area contributed by atoms with Crippen molar-refractivity contribution >= 4 is 5.91 Å². The van der Waals surface area contributed by atoms with Gasteiger partial charge in [0.05, 0.1) is 12.0 Å². The van der Waals surface area contributed by atoms with Gasteiger partial charge in [-0.05, 0) is 18.9 Å². The lowest BCUT2D eigenvalue weighted by Crippen LogP contribution is -2.28. The monoisotopic (exact) mass is 207 g/mol. The van der Waals surface area contributed by atoms with Gasteiger partial charge < -0.3 is 5.32 Å². The summed E-state index contributed by atoms with van der Waals surface area (Å²) < 4.78 is 12.6. The molecule has 0 aromatic heterocycles. The van der Waals surface area contributed by atoms with E-state index in [1.165, 1.54) is 0 Å². The summed E-state index contributed by atoms with van der Waals surface area (Å²) >= 11 is 0. The highest BCUT2D eigenvalue weighted by atomic mass is 19.1. The van der Waals surface area contributed by atoms with Crippen LogP contribution in [0, 0.1) is 5.92 Å². The number of alkyl halides is 1. The fraction of sp³-hybridized carbons (Fsp3) is 0.417. The van der Waals surface area contributed by atoms with Crippen molar-refractivity contribution in [1.82, 2.24) is 5.32 Å². The number of amides is 1. The van der Waals surface area contributed by atoms with Crippen LogP contribution in [0.1, 0.15) is 24.9 Å². The van der Waals surface area contributed by atoms with Crippen molar-refractivity contribution in [2.24, 2.45) is 5.92 Å². The van der Waals surface area contributed by atoms with E-state index in [4.69, 9.17) is 0 Å². The van der Waals surface area contributed by atoms with Crippen LogP contribution in [0.4, 0.5) is 4.39 Å². The summed E-state index contributed by atoms with van der Waals surface area (Å²) in [5.41, 5.74) is 1.04. The van der Waals surface area contributed by atoms with Crippen LogP contribution >= 0.6 is 0 Å². The molecule has 15 heavy (non-hydrogen) atoms. The molecule has 3 heteroatoms. The van der Waals surface area contributed by atoms with Gasteiger partial charge in [-0.1, -0.05) is 30.3 Å². The Morgan fingerprint density at radius 3 is 2.60 bits per heavy atom. The highest BCUT2D eigenvalue weighted by Crippen LogP contribution is 2.34. The standard InChI is InChI=1S/C12H14FNO/c1-8(9-5-3-2-4-6-9)14-12(15)10-7-11(10)13/h2-6,8,10-11H,7H2,1H3,(H,14,15)/t8-,10-,11?/m0/s1. The molecule has 0 saturated heterocycles. The largest absolute Gasteiger partial charge is 0.349 e. The average molecular weight is 207 g/mol. The normalized spacial score (nSPS) is 25.7. The third kappa shape index (κ3) is 2.35. The molecule has 2 nitrogen and oxygen atoms in total. The molecule has 0 aliphatic heterocycles. The quantitative estimate of drug-likeness (QED) is 0.809. The molecule has 80 valence electrons. The van der Waals surface area contributed by atoms with E-state index in [2.05, 4.69) is 5.32 Å². The van der Waals surface area contributed by atoms with Gasteiger partial charge in [0, 0.05) is 0 Å². The summed E-state index contributed by atoms with van der Waals surface area (Å²) in [6, 6.07) is 9.62. The van der Waals surface area contributed by atoms with Gasteiger partial charge in [-0.2, -0.15) is 0 Å². The third-order valence-corrected chi connectivity index (χ3v) is 2.71. The van der Waals surface area contributed by atoms with E-state index >= 15 is 0 Å². The molecule has 0 heterocycles. The van der Waals surface area contributed by atoms with E-state index in [-0.39, 0.29) is 11.9 Å². The molecule has 1 aromatic carbocycles. The third-order valence-electron chi connectivity index (χ3n) is 2.71. The molecule has 1 unspecified atom stereocenters. The maximum absolute atomic E-state index is 12.6. The van der Waals surface area contributed by atoms with E-state index in [0.29, 0.717) is 6.42 Å². The number of hydrogen-bond donors (Lipinski definition) is 1. The minimum Gasteiger partial charge on any atom is -0.349 e. The summed E-state index contributed by atoms with van der Waals surface area (Å²) in [4.78, 5) is 11.4. The van der Waals surface area contributed by atoms with Crippen LogP contribution < -0.4 is 5.32 Å². The maximum atomic E-state index is 12.6. The van der Waals surface area contributed by atoms with Crippen LogP contribution in [0.15, 0.2) is 30.3 Å². The Bertz CT molecular complexity index is 352. The van der Waals surface area contributed by atoms with Crippen molar-refractivity contribution in [2.75, 3.05) is 0 Å². The average Bonchev–Trinajstić information content (AvgIpc) is 2.97. The Morgan fingerprint density at radius 1 is 1.47 bits per heavy atom. The number of hydrogen-bond acceptors (Lipinski definition) is 1. The molecular weight excluding hydrogens is 193 g/mol. The summed E-state index contributed by atoms with van der Waals surface area (Å²) in [5, 5.41) is 2.81. The summed E-state index contributed by atoms with van der Waals surface area (Å²) in [7, 11) is 0. The lowest BCUT2D eigenvalue weighted by atomic mass is 10.1. The second-order valence-corrected chi connectivity index (χ2v) is 4.00. The first-order valence-electron chi connectivity index (χ1n) is 5.18. The summed E-state index contributed by atoms with van der Waals surface area (Å²) in [6.45, 7) is 1.91. The summed E-state index contributed by atoms with van der Waals surface area (Å²) in [5.74, 6) is -0.574. The zero-order valence-electron chi connectivity index (χ0n) is 8.61. The Labute approximate surface area is 88.5 Å². The zero-order chi connectivity index (χ0) is 10.8. The number of carbonyl (C=O) groups is 1. The van der Waals surface area contributed by atoms with E-state index in [9.17, 15) is 9.18 Å². The highest BCUT2D eigenvalue weighted by Gasteiger charge is 2.43. The van der Waals surface area contributed by atoms with Crippen molar-refractivity contribution in [2.45, 2.75) is 25.6 Å². The van der Waals surface area contributed by atoms with Crippen LogP contribution in [0.2, 0.25) is 0 Å². The van der Waals surface area contributed by atoms with E-state index in [1.807, 2.05) is 37.3 Å². The van der Waals surface area contributed by atoms with Crippen LogP contribution in [-0.4, -0.2) is 12.1 Å². The minimum atomic E-state index is -0.923. The van der Waals surface area contributed by atoms with Crippen molar-refractivity contribution in [3.63, 3.8) is 0 Å². The smallest absolute Gasteiger partial charge is 0.226 e. The number of halogens is 1. The predicted molar refractivity (Wildman–Crippen MR) is 56.0 cm³/mol. The number of carbonyl (C=O) groups excluding carboxylic acids is 1.